The molecule has 0 unspecified atom stereocenters. The number of nitrogens with zero attached hydrogens (tertiary/aromatic N) is 2. The van der Waals surface area contributed by atoms with Gasteiger partial charge in [-0.3, -0.25) is 9.59 Å². The van der Waals surface area contributed by atoms with Crippen molar-refractivity contribution in [1.29, 1.82) is 0 Å². The van der Waals surface area contributed by atoms with Gasteiger partial charge >= 0.3 is 5.76 Å². The molecule has 0 atom stereocenters. The average Bonchev–Trinajstić information content (AvgIpc) is 2.79. The summed E-state index contributed by atoms with van der Waals surface area (Å²) < 4.78 is 47.9. The Hall–Kier alpha value is -3.01. The molecule has 10 heteroatoms. The Bertz CT molecular complexity index is 1010. The fourth-order valence-corrected chi connectivity index (χ4v) is 4.02. The second kappa shape index (κ2) is 9.86. The quantitative estimate of drug-likeness (QED) is 0.697. The van der Waals surface area contributed by atoms with E-state index in [4.69, 9.17) is 0 Å². The summed E-state index contributed by atoms with van der Waals surface area (Å²) in [6.45, 7) is 2.78. The maximum Gasteiger partial charge on any atom is 0.341 e. The van der Waals surface area contributed by atoms with E-state index < -0.39 is 26.4 Å². The molecule has 1 saturated heterocycles. The number of para-hydroxylation sites is 1. The number of halogens is 2. The van der Waals surface area contributed by atoms with E-state index in [-0.39, 0.29) is 24.4 Å². The van der Waals surface area contributed by atoms with Crippen LogP contribution in [0, 0.1) is 0 Å². The largest absolute Gasteiger partial charge is 0.368 e. The number of anilines is 1. The zero-order chi connectivity index (χ0) is 22.4. The molecule has 7 nitrogen and oxygen atoms in total. The zero-order valence-corrected chi connectivity index (χ0v) is 17.5. The van der Waals surface area contributed by atoms with Gasteiger partial charge in [0.1, 0.15) is 0 Å². The summed E-state index contributed by atoms with van der Waals surface area (Å²) in [6, 6.07) is 14.2. The number of rotatable bonds is 7. The lowest BCUT2D eigenvalue weighted by Gasteiger charge is -2.36. The molecule has 0 bridgehead atoms. The second-order valence-electron chi connectivity index (χ2n) is 7.04. The van der Waals surface area contributed by atoms with Gasteiger partial charge in [-0.2, -0.15) is 8.78 Å². The van der Waals surface area contributed by atoms with Crippen LogP contribution < -0.4 is 10.2 Å². The van der Waals surface area contributed by atoms with E-state index in [0.29, 0.717) is 13.1 Å². The SMILES string of the molecule is O=C(NCCC(=O)N1CCN(c2ccccc2)CC1)c1ccc(S(=O)(=O)C(F)F)cc1. The Labute approximate surface area is 179 Å². The normalized spacial score (nSPS) is 14.5. The number of piperazine rings is 1. The Morgan fingerprint density at radius 1 is 0.935 bits per heavy atom. The number of carbonyl (C=O) groups excluding carboxylic acids is 2. The van der Waals surface area contributed by atoms with Gasteiger partial charge in [0.05, 0.1) is 4.90 Å². The Morgan fingerprint density at radius 2 is 1.55 bits per heavy atom. The summed E-state index contributed by atoms with van der Waals surface area (Å²) >= 11 is 0. The summed E-state index contributed by atoms with van der Waals surface area (Å²) in [5.41, 5.74) is 1.24. The standard InChI is InChI=1S/C21H23F2N3O4S/c22-21(23)31(29,30)18-8-6-16(7-9-18)20(28)24-11-10-19(27)26-14-12-25(13-15-26)17-4-2-1-3-5-17/h1-9,21H,10-15H2,(H,24,28). The van der Waals surface area contributed by atoms with Gasteiger partial charge < -0.3 is 15.1 Å². The van der Waals surface area contributed by atoms with Crippen molar-refractivity contribution in [2.24, 2.45) is 0 Å². The minimum absolute atomic E-state index is 0.0635. The Balaban J connectivity index is 1.44. The lowest BCUT2D eigenvalue weighted by atomic mass is 10.2. The minimum atomic E-state index is -4.70. The number of sulfone groups is 1. The minimum Gasteiger partial charge on any atom is -0.368 e. The summed E-state index contributed by atoms with van der Waals surface area (Å²) in [7, 11) is -4.70. The molecule has 1 aliphatic rings. The highest BCUT2D eigenvalue weighted by molar-refractivity contribution is 7.91. The second-order valence-corrected chi connectivity index (χ2v) is 8.96. The first-order valence-corrected chi connectivity index (χ1v) is 11.3. The van der Waals surface area contributed by atoms with Crippen molar-refractivity contribution in [2.45, 2.75) is 17.1 Å². The molecule has 0 spiro atoms. The Kier molecular flexibility index (Phi) is 7.21. The van der Waals surface area contributed by atoms with E-state index in [0.717, 1.165) is 43.0 Å². The molecule has 2 amide bonds. The van der Waals surface area contributed by atoms with Gasteiger partial charge in [-0.1, -0.05) is 18.2 Å². The number of carbonyl (C=O) groups is 2. The number of hydrogen-bond acceptors (Lipinski definition) is 5. The summed E-state index contributed by atoms with van der Waals surface area (Å²) in [5.74, 6) is -4.10. The highest BCUT2D eigenvalue weighted by atomic mass is 32.2. The zero-order valence-electron chi connectivity index (χ0n) is 16.7. The highest BCUT2D eigenvalue weighted by Crippen LogP contribution is 2.19. The van der Waals surface area contributed by atoms with Crippen molar-refractivity contribution in [2.75, 3.05) is 37.6 Å². The number of amides is 2. The van der Waals surface area contributed by atoms with Crippen LogP contribution in [0.15, 0.2) is 59.5 Å². The third-order valence-corrected chi connectivity index (χ3v) is 6.46. The van der Waals surface area contributed by atoms with Gasteiger partial charge in [0.2, 0.25) is 15.7 Å². The molecular formula is C21H23F2N3O4S. The van der Waals surface area contributed by atoms with Crippen LogP contribution in [-0.4, -0.2) is 63.6 Å². The van der Waals surface area contributed by atoms with Crippen molar-refractivity contribution in [3.05, 3.63) is 60.2 Å². The van der Waals surface area contributed by atoms with Crippen LogP contribution in [0.25, 0.3) is 0 Å². The van der Waals surface area contributed by atoms with E-state index in [1.54, 1.807) is 4.90 Å². The monoisotopic (exact) mass is 451 g/mol. The summed E-state index contributed by atoms with van der Waals surface area (Å²) in [5, 5.41) is 2.59. The highest BCUT2D eigenvalue weighted by Gasteiger charge is 2.26. The maximum atomic E-state index is 12.6. The van der Waals surface area contributed by atoms with Gasteiger partial charge in [-0.15, -0.1) is 0 Å². The van der Waals surface area contributed by atoms with Gasteiger partial charge in [-0.25, -0.2) is 8.42 Å². The molecular weight excluding hydrogens is 428 g/mol. The molecule has 0 aromatic heterocycles. The molecule has 3 rings (SSSR count). The molecule has 1 N–H and O–H groups in total. The van der Waals surface area contributed by atoms with Crippen LogP contribution in [0.5, 0.6) is 0 Å². The molecule has 0 saturated carbocycles. The molecule has 0 aliphatic carbocycles. The molecule has 2 aromatic carbocycles. The average molecular weight is 451 g/mol. The third-order valence-electron chi connectivity index (χ3n) is 5.06. The van der Waals surface area contributed by atoms with Crippen LogP contribution in [0.2, 0.25) is 0 Å². The predicted molar refractivity (Wildman–Crippen MR) is 112 cm³/mol. The molecule has 1 heterocycles. The third kappa shape index (κ3) is 5.57. The van der Waals surface area contributed by atoms with E-state index in [1.807, 2.05) is 30.3 Å². The van der Waals surface area contributed by atoms with Crippen LogP contribution >= 0.6 is 0 Å². The van der Waals surface area contributed by atoms with Crippen LogP contribution in [-0.2, 0) is 14.6 Å². The van der Waals surface area contributed by atoms with Gasteiger partial charge in [-0.05, 0) is 36.4 Å². The topological polar surface area (TPSA) is 86.8 Å². The van der Waals surface area contributed by atoms with Crippen LogP contribution in [0.3, 0.4) is 0 Å². The molecule has 0 radical (unpaired) electrons. The summed E-state index contributed by atoms with van der Waals surface area (Å²) in [6.07, 6.45) is 0.134. The fourth-order valence-electron chi connectivity index (χ4n) is 3.29. The Morgan fingerprint density at radius 3 is 2.13 bits per heavy atom. The van der Waals surface area contributed by atoms with Crippen LogP contribution in [0.4, 0.5) is 14.5 Å². The molecule has 1 fully saturated rings. The van der Waals surface area contributed by atoms with E-state index >= 15 is 0 Å². The molecule has 2 aromatic rings. The lowest BCUT2D eigenvalue weighted by Crippen LogP contribution is -2.49. The van der Waals surface area contributed by atoms with Gasteiger partial charge in [0, 0.05) is 50.4 Å². The van der Waals surface area contributed by atoms with E-state index in [2.05, 4.69) is 10.2 Å². The number of hydrogen-bond donors (Lipinski definition) is 1. The fraction of sp³-hybridized carbons (Fsp3) is 0.333. The number of alkyl halides is 2. The molecule has 1 aliphatic heterocycles. The first-order chi connectivity index (χ1) is 14.8. The molecule has 166 valence electrons. The maximum absolute atomic E-state index is 12.6. The van der Waals surface area contributed by atoms with Crippen LogP contribution in [0.1, 0.15) is 16.8 Å². The number of nitrogens with one attached hydrogen (secondary N) is 1. The smallest absolute Gasteiger partial charge is 0.341 e. The first-order valence-electron chi connectivity index (χ1n) is 9.77. The van der Waals surface area contributed by atoms with Crippen molar-refractivity contribution in [3.8, 4) is 0 Å². The first kappa shape index (κ1) is 22.7. The molecule has 31 heavy (non-hydrogen) atoms. The van der Waals surface area contributed by atoms with E-state index in [1.165, 1.54) is 0 Å². The van der Waals surface area contributed by atoms with Gasteiger partial charge in [0.15, 0.2) is 0 Å². The lowest BCUT2D eigenvalue weighted by molar-refractivity contribution is -0.131. The predicted octanol–water partition coefficient (Wildman–Crippen LogP) is 2.15. The van der Waals surface area contributed by atoms with Crippen molar-refractivity contribution < 1.29 is 26.8 Å². The van der Waals surface area contributed by atoms with Crippen molar-refractivity contribution in [3.63, 3.8) is 0 Å². The number of benzene rings is 2. The van der Waals surface area contributed by atoms with Gasteiger partial charge in [0.25, 0.3) is 5.91 Å². The van der Waals surface area contributed by atoms with Crippen molar-refractivity contribution in [1.82, 2.24) is 10.2 Å². The van der Waals surface area contributed by atoms with E-state index in [9.17, 15) is 26.8 Å². The summed E-state index contributed by atoms with van der Waals surface area (Å²) in [4.78, 5) is 28.0. The van der Waals surface area contributed by atoms with Crippen molar-refractivity contribution >= 4 is 27.3 Å².